The molecule has 30 heavy (non-hydrogen) atoms. The average molecular weight is 408 g/mol. The van der Waals surface area contributed by atoms with Gasteiger partial charge in [0.2, 0.25) is 11.8 Å². The van der Waals surface area contributed by atoms with Crippen molar-refractivity contribution in [3.8, 4) is 11.5 Å². The van der Waals surface area contributed by atoms with Gasteiger partial charge in [-0.15, -0.1) is 0 Å². The number of carbonyl (C=O) groups is 2. The number of aryl methyl sites for hydroxylation is 2. The molecule has 0 bridgehead atoms. The number of nitrogens with one attached hydrogen (secondary N) is 1. The number of fused-ring (bicyclic) bond motifs is 1. The Kier molecular flexibility index (Phi) is 5.41. The van der Waals surface area contributed by atoms with Gasteiger partial charge in [0.25, 0.3) is 0 Å². The van der Waals surface area contributed by atoms with Crippen molar-refractivity contribution >= 4 is 17.5 Å². The standard InChI is InChI=1S/C24H28N2O4/c1-4-26(23(28)24(7-8-24)18-12-16(2)11-17(3)13-18)15-22(27)25-19-5-6-20-21(14-19)30-10-9-29-20/h5-6,11-14H,4,7-10,15H2,1-3H3,(H,25,27). The summed E-state index contributed by atoms with van der Waals surface area (Å²) in [5, 5.41) is 2.87. The number of likely N-dealkylation sites (N-methyl/N-ethyl adjacent to an activating group) is 1. The second kappa shape index (κ2) is 8.01. The molecule has 2 aromatic carbocycles. The SMILES string of the molecule is CCN(CC(=O)Nc1ccc2c(c1)OCCO2)C(=O)C1(c2cc(C)cc(C)c2)CC1. The van der Waals surface area contributed by atoms with E-state index in [1.807, 2.05) is 6.92 Å². The summed E-state index contributed by atoms with van der Waals surface area (Å²) in [4.78, 5) is 27.7. The number of carbonyl (C=O) groups excluding carboxylic acids is 2. The van der Waals surface area contributed by atoms with Crippen molar-refractivity contribution in [1.29, 1.82) is 0 Å². The minimum absolute atomic E-state index is 0.0241. The fourth-order valence-corrected chi connectivity index (χ4v) is 4.13. The molecule has 0 radical (unpaired) electrons. The molecule has 4 rings (SSSR count). The van der Waals surface area contributed by atoms with Gasteiger partial charge in [-0.25, -0.2) is 0 Å². The average Bonchev–Trinajstić information content (AvgIpc) is 3.53. The van der Waals surface area contributed by atoms with E-state index in [1.165, 1.54) is 0 Å². The highest BCUT2D eigenvalue weighted by Crippen LogP contribution is 2.50. The van der Waals surface area contributed by atoms with Gasteiger partial charge in [-0.2, -0.15) is 0 Å². The maximum atomic E-state index is 13.4. The van der Waals surface area contributed by atoms with Crippen LogP contribution in [0.4, 0.5) is 5.69 Å². The molecule has 0 atom stereocenters. The van der Waals surface area contributed by atoms with Gasteiger partial charge in [-0.05, 0) is 51.3 Å². The number of benzene rings is 2. The Morgan fingerprint density at radius 1 is 1.00 bits per heavy atom. The van der Waals surface area contributed by atoms with Crippen LogP contribution in [0.1, 0.15) is 36.5 Å². The van der Waals surface area contributed by atoms with E-state index in [-0.39, 0.29) is 18.4 Å². The van der Waals surface area contributed by atoms with Crippen LogP contribution in [0.3, 0.4) is 0 Å². The Balaban J connectivity index is 1.45. The zero-order valence-corrected chi connectivity index (χ0v) is 17.8. The summed E-state index contributed by atoms with van der Waals surface area (Å²) < 4.78 is 11.1. The van der Waals surface area contributed by atoms with Gasteiger partial charge in [0.15, 0.2) is 11.5 Å². The Morgan fingerprint density at radius 2 is 1.67 bits per heavy atom. The summed E-state index contributed by atoms with van der Waals surface area (Å²) >= 11 is 0. The molecule has 1 N–H and O–H groups in total. The first-order chi connectivity index (χ1) is 14.4. The Labute approximate surface area is 177 Å². The lowest BCUT2D eigenvalue weighted by molar-refractivity contribution is -0.136. The minimum Gasteiger partial charge on any atom is -0.486 e. The van der Waals surface area contributed by atoms with Crippen LogP contribution < -0.4 is 14.8 Å². The predicted octanol–water partition coefficient (Wildman–Crippen LogP) is 3.59. The van der Waals surface area contributed by atoms with Crippen LogP contribution in [-0.2, 0) is 15.0 Å². The lowest BCUT2D eigenvalue weighted by atomic mass is 9.91. The largest absolute Gasteiger partial charge is 0.486 e. The molecule has 0 saturated heterocycles. The van der Waals surface area contributed by atoms with E-state index in [4.69, 9.17) is 9.47 Å². The van der Waals surface area contributed by atoms with Crippen LogP contribution >= 0.6 is 0 Å². The number of hydrogen-bond donors (Lipinski definition) is 1. The van der Waals surface area contributed by atoms with Crippen LogP contribution in [0.15, 0.2) is 36.4 Å². The van der Waals surface area contributed by atoms with E-state index in [0.717, 1.165) is 29.5 Å². The van der Waals surface area contributed by atoms with Crippen molar-refractivity contribution in [3.05, 3.63) is 53.1 Å². The van der Waals surface area contributed by atoms with E-state index >= 15 is 0 Å². The number of nitrogens with zero attached hydrogens (tertiary/aromatic N) is 1. The molecule has 2 amide bonds. The fraction of sp³-hybridized carbons (Fsp3) is 0.417. The highest BCUT2D eigenvalue weighted by Gasteiger charge is 2.53. The summed E-state index contributed by atoms with van der Waals surface area (Å²) in [5.41, 5.74) is 3.52. The molecule has 0 spiro atoms. The number of ether oxygens (including phenoxy) is 2. The summed E-state index contributed by atoms with van der Waals surface area (Å²) in [6.45, 7) is 7.53. The molecular formula is C24H28N2O4. The van der Waals surface area contributed by atoms with Gasteiger partial charge >= 0.3 is 0 Å². The monoisotopic (exact) mass is 408 g/mol. The first-order valence-electron chi connectivity index (χ1n) is 10.5. The quantitative estimate of drug-likeness (QED) is 0.793. The molecule has 1 heterocycles. The smallest absolute Gasteiger partial charge is 0.243 e. The second-order valence-corrected chi connectivity index (χ2v) is 8.18. The zero-order chi connectivity index (χ0) is 21.3. The van der Waals surface area contributed by atoms with Crippen LogP contribution in [0.2, 0.25) is 0 Å². The first-order valence-corrected chi connectivity index (χ1v) is 10.5. The van der Waals surface area contributed by atoms with Crippen molar-refractivity contribution in [2.75, 3.05) is 31.6 Å². The maximum Gasteiger partial charge on any atom is 0.243 e. The number of rotatable bonds is 6. The summed E-state index contributed by atoms with van der Waals surface area (Å²) in [7, 11) is 0. The third-order valence-corrected chi connectivity index (χ3v) is 5.76. The molecule has 0 unspecified atom stereocenters. The summed E-state index contributed by atoms with van der Waals surface area (Å²) in [6.07, 6.45) is 1.66. The van der Waals surface area contributed by atoms with Crippen molar-refractivity contribution in [3.63, 3.8) is 0 Å². The zero-order valence-electron chi connectivity index (χ0n) is 17.8. The van der Waals surface area contributed by atoms with E-state index < -0.39 is 5.41 Å². The summed E-state index contributed by atoms with van der Waals surface area (Å²) in [5.74, 6) is 1.10. The topological polar surface area (TPSA) is 67.9 Å². The highest BCUT2D eigenvalue weighted by atomic mass is 16.6. The van der Waals surface area contributed by atoms with Crippen molar-refractivity contribution < 1.29 is 19.1 Å². The van der Waals surface area contributed by atoms with E-state index in [9.17, 15) is 9.59 Å². The molecular weight excluding hydrogens is 380 g/mol. The lowest BCUT2D eigenvalue weighted by Gasteiger charge is -2.26. The first kappa shape index (κ1) is 20.3. The van der Waals surface area contributed by atoms with E-state index in [0.29, 0.717) is 36.9 Å². The van der Waals surface area contributed by atoms with Gasteiger partial charge in [0.05, 0.1) is 12.0 Å². The lowest BCUT2D eigenvalue weighted by Crippen LogP contribution is -2.43. The molecule has 158 valence electrons. The van der Waals surface area contributed by atoms with Gasteiger partial charge in [-0.3, -0.25) is 9.59 Å². The van der Waals surface area contributed by atoms with Crippen LogP contribution in [0.5, 0.6) is 11.5 Å². The fourth-order valence-electron chi connectivity index (χ4n) is 4.13. The molecule has 1 aliphatic carbocycles. The molecule has 6 nitrogen and oxygen atoms in total. The third-order valence-electron chi connectivity index (χ3n) is 5.76. The number of hydrogen-bond acceptors (Lipinski definition) is 4. The molecule has 1 saturated carbocycles. The maximum absolute atomic E-state index is 13.4. The second-order valence-electron chi connectivity index (χ2n) is 8.18. The van der Waals surface area contributed by atoms with Crippen LogP contribution in [0.25, 0.3) is 0 Å². The van der Waals surface area contributed by atoms with E-state index in [2.05, 4.69) is 37.4 Å². The molecule has 1 fully saturated rings. The minimum atomic E-state index is -0.482. The Bertz CT molecular complexity index is 961. The van der Waals surface area contributed by atoms with Gasteiger partial charge < -0.3 is 19.7 Å². The molecule has 6 heteroatoms. The summed E-state index contributed by atoms with van der Waals surface area (Å²) in [6, 6.07) is 11.6. The van der Waals surface area contributed by atoms with Crippen molar-refractivity contribution in [2.24, 2.45) is 0 Å². The van der Waals surface area contributed by atoms with Crippen molar-refractivity contribution in [1.82, 2.24) is 4.90 Å². The molecule has 1 aliphatic heterocycles. The van der Waals surface area contributed by atoms with Crippen molar-refractivity contribution in [2.45, 2.75) is 39.0 Å². The number of anilines is 1. The normalized spacial score (nSPS) is 16.0. The van der Waals surface area contributed by atoms with E-state index in [1.54, 1.807) is 23.1 Å². The molecule has 2 aromatic rings. The highest BCUT2D eigenvalue weighted by molar-refractivity contribution is 5.98. The molecule has 2 aliphatic rings. The van der Waals surface area contributed by atoms with Gasteiger partial charge in [0.1, 0.15) is 13.2 Å². The van der Waals surface area contributed by atoms with Gasteiger partial charge in [0, 0.05) is 18.3 Å². The Morgan fingerprint density at radius 3 is 2.30 bits per heavy atom. The third kappa shape index (κ3) is 3.99. The Hall–Kier alpha value is -3.02. The number of amides is 2. The molecule has 0 aromatic heterocycles. The predicted molar refractivity (Wildman–Crippen MR) is 115 cm³/mol. The van der Waals surface area contributed by atoms with Crippen LogP contribution in [-0.4, -0.2) is 43.0 Å². The van der Waals surface area contributed by atoms with Crippen LogP contribution in [0, 0.1) is 13.8 Å². The van der Waals surface area contributed by atoms with Gasteiger partial charge in [-0.1, -0.05) is 29.3 Å².